The molecule has 0 aliphatic carbocycles. The first-order valence-corrected chi connectivity index (χ1v) is 23.0. The molecule has 1 amide bonds. The van der Waals surface area contributed by atoms with Crippen LogP contribution < -0.4 is 5.32 Å². The van der Waals surface area contributed by atoms with Crippen molar-refractivity contribution < 1.29 is 39.8 Å². The van der Waals surface area contributed by atoms with Crippen molar-refractivity contribution in [3.05, 3.63) is 60.8 Å². The molecule has 7 unspecified atom stereocenters. The van der Waals surface area contributed by atoms with Gasteiger partial charge in [-0.3, -0.25) is 4.79 Å². The van der Waals surface area contributed by atoms with Gasteiger partial charge in [0.15, 0.2) is 6.29 Å². The maximum absolute atomic E-state index is 12.9. The summed E-state index contributed by atoms with van der Waals surface area (Å²) in [5, 5.41) is 54.1. The third kappa shape index (κ3) is 28.9. The van der Waals surface area contributed by atoms with Crippen LogP contribution in [0.4, 0.5) is 0 Å². The van der Waals surface area contributed by atoms with Crippen molar-refractivity contribution in [2.75, 3.05) is 13.2 Å². The SMILES string of the molecule is CCCCC/C=C\C/C=C\CCCCCCCCCC(=O)NC(COC1OC(CO)C(O)C(O)C1O)C(O)/C=C/CC/C=C/CC/C=C/CCCCCCCCC. The molecule has 1 fully saturated rings. The summed E-state index contributed by atoms with van der Waals surface area (Å²) >= 11 is 0. The molecule has 9 heteroatoms. The molecule has 0 aromatic heterocycles. The summed E-state index contributed by atoms with van der Waals surface area (Å²) in [5.74, 6) is -0.202. The summed E-state index contributed by atoms with van der Waals surface area (Å²) < 4.78 is 11.2. The Bertz CT molecular complexity index is 1070. The smallest absolute Gasteiger partial charge is 0.220 e. The summed E-state index contributed by atoms with van der Waals surface area (Å²) in [6.45, 7) is 3.70. The van der Waals surface area contributed by atoms with Crippen molar-refractivity contribution in [3.63, 3.8) is 0 Å². The topological polar surface area (TPSA) is 149 Å². The van der Waals surface area contributed by atoms with Gasteiger partial charge in [0.2, 0.25) is 5.91 Å². The lowest BCUT2D eigenvalue weighted by Gasteiger charge is -2.40. The fourth-order valence-electron chi connectivity index (χ4n) is 6.80. The van der Waals surface area contributed by atoms with Crippen molar-refractivity contribution >= 4 is 5.91 Å². The third-order valence-corrected chi connectivity index (χ3v) is 10.5. The number of aliphatic hydroxyl groups excluding tert-OH is 5. The molecule has 1 rings (SSSR count). The largest absolute Gasteiger partial charge is 0.394 e. The van der Waals surface area contributed by atoms with Crippen molar-refractivity contribution in [2.24, 2.45) is 0 Å². The second kappa shape index (κ2) is 38.1. The Morgan fingerprint density at radius 3 is 1.61 bits per heavy atom. The van der Waals surface area contributed by atoms with Crippen molar-refractivity contribution in [2.45, 2.75) is 224 Å². The van der Waals surface area contributed by atoms with Crippen LogP contribution in [-0.2, 0) is 14.3 Å². The van der Waals surface area contributed by atoms with Crippen LogP contribution in [0.25, 0.3) is 0 Å². The summed E-state index contributed by atoms with van der Waals surface area (Å²) in [6, 6.07) is -0.833. The minimum Gasteiger partial charge on any atom is -0.394 e. The molecule has 0 aromatic carbocycles. The molecule has 7 atom stereocenters. The van der Waals surface area contributed by atoms with Crippen LogP contribution in [0.15, 0.2) is 60.8 Å². The van der Waals surface area contributed by atoms with E-state index in [1.54, 1.807) is 6.08 Å². The van der Waals surface area contributed by atoms with Gasteiger partial charge >= 0.3 is 0 Å². The number of nitrogens with one attached hydrogen (secondary N) is 1. The van der Waals surface area contributed by atoms with Gasteiger partial charge in [0.05, 0.1) is 25.4 Å². The quantitative estimate of drug-likeness (QED) is 0.0269. The number of amides is 1. The number of aliphatic hydroxyl groups is 5. The van der Waals surface area contributed by atoms with E-state index in [1.807, 2.05) is 6.08 Å². The molecular formula is C48H85NO8. The monoisotopic (exact) mass is 804 g/mol. The molecule has 57 heavy (non-hydrogen) atoms. The van der Waals surface area contributed by atoms with Crippen LogP contribution in [0.2, 0.25) is 0 Å². The van der Waals surface area contributed by atoms with Crippen LogP contribution in [-0.4, -0.2) is 87.5 Å². The van der Waals surface area contributed by atoms with E-state index in [9.17, 15) is 30.3 Å². The van der Waals surface area contributed by atoms with Crippen LogP contribution >= 0.6 is 0 Å². The number of rotatable bonds is 37. The number of hydrogen-bond donors (Lipinski definition) is 6. The van der Waals surface area contributed by atoms with Gasteiger partial charge in [-0.15, -0.1) is 0 Å². The normalized spacial score (nSPS) is 21.6. The highest BCUT2D eigenvalue weighted by Gasteiger charge is 2.44. The Kier molecular flexibility index (Phi) is 35.4. The van der Waals surface area contributed by atoms with E-state index in [0.29, 0.717) is 6.42 Å². The molecule has 1 aliphatic heterocycles. The van der Waals surface area contributed by atoms with E-state index in [2.05, 4.69) is 67.8 Å². The van der Waals surface area contributed by atoms with Gasteiger partial charge in [0.25, 0.3) is 0 Å². The molecular weight excluding hydrogens is 719 g/mol. The first-order chi connectivity index (χ1) is 27.8. The predicted molar refractivity (Wildman–Crippen MR) is 235 cm³/mol. The van der Waals surface area contributed by atoms with Gasteiger partial charge in [-0.05, 0) is 77.0 Å². The Morgan fingerprint density at radius 2 is 1.05 bits per heavy atom. The van der Waals surface area contributed by atoms with E-state index in [1.165, 1.54) is 89.9 Å². The molecule has 6 N–H and O–H groups in total. The Morgan fingerprint density at radius 1 is 0.596 bits per heavy atom. The summed E-state index contributed by atoms with van der Waals surface area (Å²) in [4.78, 5) is 12.9. The highest BCUT2D eigenvalue weighted by atomic mass is 16.7. The predicted octanol–water partition coefficient (Wildman–Crippen LogP) is 9.61. The van der Waals surface area contributed by atoms with E-state index in [-0.39, 0.29) is 12.5 Å². The molecule has 0 aromatic rings. The van der Waals surface area contributed by atoms with Crippen LogP contribution in [0.5, 0.6) is 0 Å². The molecule has 0 bridgehead atoms. The highest BCUT2D eigenvalue weighted by Crippen LogP contribution is 2.22. The lowest BCUT2D eigenvalue weighted by Crippen LogP contribution is -2.60. The van der Waals surface area contributed by atoms with E-state index >= 15 is 0 Å². The van der Waals surface area contributed by atoms with Gasteiger partial charge in [-0.1, -0.05) is 158 Å². The maximum Gasteiger partial charge on any atom is 0.220 e. The Labute approximate surface area is 347 Å². The summed E-state index contributed by atoms with van der Waals surface area (Å²) in [5.41, 5.74) is 0. The van der Waals surface area contributed by atoms with E-state index in [0.717, 1.165) is 70.6 Å². The standard InChI is InChI=1S/C48H85NO8/c1-3-5-7-9-11-13-15-17-19-21-23-25-27-29-31-33-35-37-42(51)41(40-56-48-47(55)46(54)45(53)43(39-50)57-48)49-44(52)38-36-34-32-30-28-26-24-22-20-18-16-14-12-10-8-6-4-2/h12,14,18-21,27,29,35,37,41-43,45-48,50-51,53-55H,3-11,13,15-17,22-26,28,30-34,36,38-40H2,1-2H3,(H,49,52)/b14-12-,20-18-,21-19+,29-27+,37-35+. The Balaban J connectivity index is 2.41. The fraction of sp³-hybridized carbons (Fsp3) is 0.771. The molecule has 9 nitrogen and oxygen atoms in total. The molecule has 0 radical (unpaired) electrons. The molecule has 1 aliphatic rings. The van der Waals surface area contributed by atoms with Crippen LogP contribution in [0, 0.1) is 0 Å². The fourth-order valence-corrected chi connectivity index (χ4v) is 6.80. The van der Waals surface area contributed by atoms with Crippen LogP contribution in [0.3, 0.4) is 0 Å². The van der Waals surface area contributed by atoms with Gasteiger partial charge in [0.1, 0.15) is 24.4 Å². The minimum absolute atomic E-state index is 0.202. The average molecular weight is 804 g/mol. The van der Waals surface area contributed by atoms with E-state index in [4.69, 9.17) is 9.47 Å². The summed E-state index contributed by atoms with van der Waals surface area (Å²) in [7, 11) is 0. The average Bonchev–Trinajstić information content (AvgIpc) is 3.21. The second-order valence-corrected chi connectivity index (χ2v) is 15.8. The maximum atomic E-state index is 12.9. The molecule has 1 saturated heterocycles. The Hall–Kier alpha value is -2.11. The zero-order valence-electron chi connectivity index (χ0n) is 36.1. The van der Waals surface area contributed by atoms with Crippen LogP contribution in [0.1, 0.15) is 181 Å². The number of carbonyl (C=O) groups excluding carboxylic acids is 1. The van der Waals surface area contributed by atoms with Crippen molar-refractivity contribution in [1.29, 1.82) is 0 Å². The molecule has 0 spiro atoms. The first-order valence-electron chi connectivity index (χ1n) is 23.0. The number of carbonyl (C=O) groups is 1. The van der Waals surface area contributed by atoms with Gasteiger partial charge in [-0.2, -0.15) is 0 Å². The lowest BCUT2D eigenvalue weighted by atomic mass is 9.99. The lowest BCUT2D eigenvalue weighted by molar-refractivity contribution is -0.302. The number of unbranched alkanes of at least 4 members (excludes halogenated alkanes) is 19. The number of allylic oxidation sites excluding steroid dienone is 9. The molecule has 330 valence electrons. The minimum atomic E-state index is -1.58. The van der Waals surface area contributed by atoms with Gasteiger partial charge < -0.3 is 40.3 Å². The summed E-state index contributed by atoms with van der Waals surface area (Å²) in [6.07, 6.45) is 42.6. The highest BCUT2D eigenvalue weighted by molar-refractivity contribution is 5.76. The van der Waals surface area contributed by atoms with Crippen molar-refractivity contribution in [1.82, 2.24) is 5.32 Å². The zero-order valence-corrected chi connectivity index (χ0v) is 36.1. The zero-order chi connectivity index (χ0) is 41.6. The molecule has 1 heterocycles. The van der Waals surface area contributed by atoms with Crippen molar-refractivity contribution in [3.8, 4) is 0 Å². The van der Waals surface area contributed by atoms with Gasteiger partial charge in [0, 0.05) is 6.42 Å². The number of ether oxygens (including phenoxy) is 2. The molecule has 0 saturated carbocycles. The third-order valence-electron chi connectivity index (χ3n) is 10.5. The van der Waals surface area contributed by atoms with Gasteiger partial charge in [-0.25, -0.2) is 0 Å². The second-order valence-electron chi connectivity index (χ2n) is 15.8. The number of hydrogen-bond acceptors (Lipinski definition) is 8. The first kappa shape index (κ1) is 52.9. The van der Waals surface area contributed by atoms with E-state index < -0.39 is 49.5 Å².